The Morgan fingerprint density at radius 3 is 2.40 bits per heavy atom. The Kier molecular flexibility index (Phi) is 9.18. The second kappa shape index (κ2) is 13.6. The van der Waals surface area contributed by atoms with Gasteiger partial charge in [-0.05, 0) is 61.2 Å². The summed E-state index contributed by atoms with van der Waals surface area (Å²) in [5.41, 5.74) is 2.14. The van der Waals surface area contributed by atoms with Gasteiger partial charge in [-0.2, -0.15) is 0 Å². The third kappa shape index (κ3) is 7.05. The summed E-state index contributed by atoms with van der Waals surface area (Å²) < 4.78 is 16.4. The van der Waals surface area contributed by atoms with Crippen molar-refractivity contribution in [1.82, 2.24) is 25.2 Å². The lowest BCUT2D eigenvalue weighted by atomic mass is 9.72. The molecule has 1 fully saturated rings. The maximum Gasteiger partial charge on any atom is 0.273 e. The van der Waals surface area contributed by atoms with E-state index in [0.717, 1.165) is 15.3 Å². The number of aryl methyl sites for hydroxylation is 1. The number of carbonyl (C=O) groups is 2. The summed E-state index contributed by atoms with van der Waals surface area (Å²) in [6.07, 6.45) is 6.13. The molecule has 45 heavy (non-hydrogen) atoms. The SMILES string of the molecule is Cc1ccnc(Nc2ncc(Sc3ccnc(C(=O)NCC4(c5ccccc5)CCN(C(=O)c5ccccc5)CC4)c3F)s2)c1. The summed E-state index contributed by atoms with van der Waals surface area (Å²) in [6.45, 7) is 3.36. The van der Waals surface area contributed by atoms with Gasteiger partial charge in [-0.3, -0.25) is 9.59 Å². The first-order valence-electron chi connectivity index (χ1n) is 14.6. The van der Waals surface area contributed by atoms with Crippen molar-refractivity contribution in [1.29, 1.82) is 0 Å². The normalized spacial score (nSPS) is 14.1. The Hall–Kier alpha value is -4.61. The predicted octanol–water partition coefficient (Wildman–Crippen LogP) is 6.88. The zero-order valence-corrected chi connectivity index (χ0v) is 26.2. The zero-order valence-electron chi connectivity index (χ0n) is 24.6. The fourth-order valence-corrected chi connectivity index (χ4v) is 7.31. The van der Waals surface area contributed by atoms with Crippen LogP contribution in [0.25, 0.3) is 0 Å². The van der Waals surface area contributed by atoms with Gasteiger partial charge >= 0.3 is 0 Å². The number of rotatable bonds is 9. The van der Waals surface area contributed by atoms with Gasteiger partial charge in [-0.1, -0.05) is 71.6 Å². The number of piperidine rings is 1. The molecule has 2 N–H and O–H groups in total. The average Bonchev–Trinajstić information content (AvgIpc) is 3.51. The van der Waals surface area contributed by atoms with Gasteiger partial charge < -0.3 is 15.5 Å². The minimum atomic E-state index is -0.680. The molecule has 0 aliphatic carbocycles. The Morgan fingerprint density at radius 1 is 0.956 bits per heavy atom. The third-order valence-corrected chi connectivity index (χ3v) is 9.97. The van der Waals surface area contributed by atoms with Crippen LogP contribution in [0.4, 0.5) is 15.3 Å². The fourth-order valence-electron chi connectivity index (χ4n) is 5.44. The fraction of sp³-hybridized carbons (Fsp3) is 0.206. The summed E-state index contributed by atoms with van der Waals surface area (Å²) in [6, 6.07) is 24.6. The van der Waals surface area contributed by atoms with Crippen molar-refractivity contribution in [2.24, 2.45) is 0 Å². The quantitative estimate of drug-likeness (QED) is 0.182. The summed E-state index contributed by atoms with van der Waals surface area (Å²) in [4.78, 5) is 41.4. The lowest BCUT2D eigenvalue weighted by Crippen LogP contribution is -2.50. The lowest BCUT2D eigenvalue weighted by Gasteiger charge is -2.42. The summed E-state index contributed by atoms with van der Waals surface area (Å²) in [5.74, 6) is -0.584. The maximum absolute atomic E-state index is 15.7. The van der Waals surface area contributed by atoms with Gasteiger partial charge in [0.25, 0.3) is 11.8 Å². The molecule has 3 aromatic heterocycles. The van der Waals surface area contributed by atoms with Gasteiger partial charge in [0.1, 0.15) is 5.82 Å². The Balaban J connectivity index is 1.13. The van der Waals surface area contributed by atoms with Gasteiger partial charge in [0.2, 0.25) is 0 Å². The highest BCUT2D eigenvalue weighted by Gasteiger charge is 2.38. The number of hydrogen-bond donors (Lipinski definition) is 2. The van der Waals surface area contributed by atoms with Crippen molar-refractivity contribution >= 4 is 45.9 Å². The molecule has 1 saturated heterocycles. The molecular weight excluding hydrogens is 608 g/mol. The van der Waals surface area contributed by atoms with Crippen LogP contribution in [-0.2, 0) is 5.41 Å². The molecule has 6 rings (SSSR count). The first-order chi connectivity index (χ1) is 21.9. The van der Waals surface area contributed by atoms with E-state index in [0.29, 0.717) is 49.0 Å². The van der Waals surface area contributed by atoms with Crippen LogP contribution in [0.5, 0.6) is 0 Å². The van der Waals surface area contributed by atoms with E-state index in [1.807, 2.05) is 84.6 Å². The van der Waals surface area contributed by atoms with Crippen molar-refractivity contribution in [3.63, 3.8) is 0 Å². The minimum absolute atomic E-state index is 0.00226. The monoisotopic (exact) mass is 638 g/mol. The van der Waals surface area contributed by atoms with Crippen molar-refractivity contribution < 1.29 is 14.0 Å². The molecule has 0 atom stereocenters. The highest BCUT2D eigenvalue weighted by molar-refractivity contribution is 8.01. The molecule has 228 valence electrons. The molecule has 0 unspecified atom stereocenters. The van der Waals surface area contributed by atoms with Gasteiger partial charge in [0.15, 0.2) is 16.6 Å². The highest BCUT2D eigenvalue weighted by Crippen LogP contribution is 2.37. The van der Waals surface area contributed by atoms with Crippen LogP contribution in [0.15, 0.2) is 107 Å². The minimum Gasteiger partial charge on any atom is -0.350 e. The van der Waals surface area contributed by atoms with E-state index in [2.05, 4.69) is 25.6 Å². The van der Waals surface area contributed by atoms with Crippen molar-refractivity contribution in [2.75, 3.05) is 25.0 Å². The topological polar surface area (TPSA) is 100 Å². The molecule has 0 bridgehead atoms. The highest BCUT2D eigenvalue weighted by atomic mass is 32.2. The number of benzene rings is 2. The number of nitrogens with one attached hydrogen (secondary N) is 2. The van der Waals surface area contributed by atoms with Crippen LogP contribution in [0.3, 0.4) is 0 Å². The van der Waals surface area contributed by atoms with Gasteiger partial charge in [-0.25, -0.2) is 19.3 Å². The number of pyridine rings is 2. The molecule has 0 radical (unpaired) electrons. The number of aromatic nitrogens is 3. The van der Waals surface area contributed by atoms with E-state index in [1.54, 1.807) is 18.5 Å². The number of anilines is 2. The van der Waals surface area contributed by atoms with E-state index in [4.69, 9.17) is 0 Å². The van der Waals surface area contributed by atoms with Crippen LogP contribution in [0.1, 0.15) is 44.8 Å². The summed E-state index contributed by atoms with van der Waals surface area (Å²) in [7, 11) is 0. The van der Waals surface area contributed by atoms with E-state index in [-0.39, 0.29) is 16.5 Å². The Morgan fingerprint density at radius 2 is 1.67 bits per heavy atom. The second-order valence-corrected chi connectivity index (χ2v) is 13.3. The van der Waals surface area contributed by atoms with E-state index in [9.17, 15) is 9.59 Å². The van der Waals surface area contributed by atoms with Gasteiger partial charge in [-0.15, -0.1) is 0 Å². The largest absolute Gasteiger partial charge is 0.350 e. The number of thiazole rings is 1. The van der Waals surface area contributed by atoms with Crippen molar-refractivity contribution in [3.05, 3.63) is 126 Å². The molecular formula is C34H31FN6O2S2. The van der Waals surface area contributed by atoms with Crippen LogP contribution < -0.4 is 10.6 Å². The number of hydrogen-bond acceptors (Lipinski definition) is 8. The molecule has 11 heteroatoms. The molecule has 5 aromatic rings. The summed E-state index contributed by atoms with van der Waals surface area (Å²) >= 11 is 2.55. The number of amides is 2. The van der Waals surface area contributed by atoms with Crippen LogP contribution >= 0.6 is 23.1 Å². The Labute approximate surface area is 269 Å². The van der Waals surface area contributed by atoms with Crippen LogP contribution in [-0.4, -0.2) is 51.3 Å². The van der Waals surface area contributed by atoms with Crippen molar-refractivity contribution in [3.8, 4) is 0 Å². The van der Waals surface area contributed by atoms with Crippen LogP contribution in [0.2, 0.25) is 0 Å². The first kappa shape index (κ1) is 30.4. The van der Waals surface area contributed by atoms with Gasteiger partial charge in [0, 0.05) is 43.0 Å². The number of likely N-dealkylation sites (tertiary alicyclic amines) is 1. The molecule has 4 heterocycles. The van der Waals surface area contributed by atoms with E-state index in [1.165, 1.54) is 29.3 Å². The molecule has 1 aliphatic heterocycles. The standard InChI is InChI=1S/C34H31FN6O2S2/c1-23-12-16-36-27(20-23)40-33-38-21-28(45-33)44-26-13-17-37-30(29(26)35)31(42)39-22-34(25-10-6-3-7-11-25)14-18-41(19-15-34)32(43)24-8-4-2-5-9-24/h2-13,16-17,20-21H,14-15,18-19,22H2,1H3,(H,39,42)(H,36,38,40). The molecule has 0 saturated carbocycles. The third-order valence-electron chi connectivity index (χ3n) is 7.92. The smallest absolute Gasteiger partial charge is 0.273 e. The Bertz CT molecular complexity index is 1790. The van der Waals surface area contributed by atoms with E-state index < -0.39 is 17.1 Å². The van der Waals surface area contributed by atoms with Crippen molar-refractivity contribution in [2.45, 2.75) is 34.3 Å². The molecule has 1 aliphatic rings. The number of halogens is 1. The van der Waals surface area contributed by atoms with Gasteiger partial charge in [0.05, 0.1) is 15.3 Å². The second-order valence-electron chi connectivity index (χ2n) is 10.9. The van der Waals surface area contributed by atoms with E-state index >= 15 is 4.39 Å². The maximum atomic E-state index is 15.7. The lowest BCUT2D eigenvalue weighted by molar-refractivity contribution is 0.0656. The molecule has 2 aromatic carbocycles. The summed E-state index contributed by atoms with van der Waals surface area (Å²) in [5, 5.41) is 6.77. The zero-order chi connectivity index (χ0) is 31.2. The molecule has 0 spiro atoms. The first-order valence-corrected chi connectivity index (χ1v) is 16.2. The average molecular weight is 639 g/mol. The number of nitrogens with zero attached hydrogens (tertiary/aromatic N) is 4. The predicted molar refractivity (Wildman–Crippen MR) is 175 cm³/mol. The molecule has 2 amide bonds. The molecule has 8 nitrogen and oxygen atoms in total. The number of carbonyl (C=O) groups excluding carboxylic acids is 2. The van der Waals surface area contributed by atoms with Crippen LogP contribution in [0, 0.1) is 12.7 Å².